The second-order valence-corrected chi connectivity index (χ2v) is 5.92. The summed E-state index contributed by atoms with van der Waals surface area (Å²) in [4.78, 5) is 0. The molecular weight excluding hydrogens is 343 g/mol. The highest BCUT2D eigenvalue weighted by Crippen LogP contribution is 2.34. The van der Waals surface area contributed by atoms with E-state index < -0.39 is 11.7 Å². The molecule has 21 heavy (non-hydrogen) atoms. The van der Waals surface area contributed by atoms with Gasteiger partial charge in [0.15, 0.2) is 0 Å². The molecule has 2 aromatic carbocycles. The van der Waals surface area contributed by atoms with E-state index in [4.69, 9.17) is 0 Å². The molecule has 0 saturated carbocycles. The lowest BCUT2D eigenvalue weighted by molar-refractivity contribution is -0.137. The highest BCUT2D eigenvalue weighted by atomic mass is 79.9. The van der Waals surface area contributed by atoms with Crippen molar-refractivity contribution in [3.05, 3.63) is 69.2 Å². The third kappa shape index (κ3) is 2.85. The van der Waals surface area contributed by atoms with Crippen LogP contribution in [0.25, 0.3) is 0 Å². The van der Waals surface area contributed by atoms with Gasteiger partial charge in [0, 0.05) is 11.0 Å². The van der Waals surface area contributed by atoms with Crippen LogP contribution < -0.4 is 5.32 Å². The number of benzene rings is 2. The molecule has 0 amide bonds. The maximum Gasteiger partial charge on any atom is 0.416 e. The van der Waals surface area contributed by atoms with Gasteiger partial charge in [0.1, 0.15) is 0 Å². The van der Waals surface area contributed by atoms with E-state index in [0.717, 1.165) is 40.7 Å². The van der Waals surface area contributed by atoms with Crippen molar-refractivity contribution in [2.75, 3.05) is 6.54 Å². The van der Waals surface area contributed by atoms with Crippen LogP contribution >= 0.6 is 15.9 Å². The Bertz CT molecular complexity index is 650. The number of halogens is 4. The van der Waals surface area contributed by atoms with E-state index in [1.54, 1.807) is 12.1 Å². The molecule has 0 aliphatic carbocycles. The fourth-order valence-corrected chi connectivity index (χ4v) is 3.30. The minimum Gasteiger partial charge on any atom is -0.306 e. The first kappa shape index (κ1) is 14.6. The summed E-state index contributed by atoms with van der Waals surface area (Å²) in [5.74, 6) is 0. The van der Waals surface area contributed by atoms with E-state index in [9.17, 15) is 13.2 Å². The van der Waals surface area contributed by atoms with Crippen molar-refractivity contribution in [3.63, 3.8) is 0 Å². The lowest BCUT2D eigenvalue weighted by Crippen LogP contribution is -2.30. The van der Waals surface area contributed by atoms with Gasteiger partial charge in [-0.15, -0.1) is 0 Å². The van der Waals surface area contributed by atoms with E-state index in [-0.39, 0.29) is 6.04 Å². The molecule has 1 N–H and O–H groups in total. The van der Waals surface area contributed by atoms with Crippen LogP contribution in [0.3, 0.4) is 0 Å². The van der Waals surface area contributed by atoms with Gasteiger partial charge >= 0.3 is 6.18 Å². The van der Waals surface area contributed by atoms with Crippen LogP contribution in [-0.4, -0.2) is 6.54 Å². The molecule has 0 fully saturated rings. The Morgan fingerprint density at radius 1 is 1.05 bits per heavy atom. The normalized spacial score (nSPS) is 18.4. The molecule has 0 aromatic heterocycles. The van der Waals surface area contributed by atoms with Crippen molar-refractivity contribution in [1.82, 2.24) is 5.32 Å². The monoisotopic (exact) mass is 355 g/mol. The summed E-state index contributed by atoms with van der Waals surface area (Å²) >= 11 is 3.54. The molecule has 1 atom stereocenters. The second kappa shape index (κ2) is 5.46. The average molecular weight is 356 g/mol. The summed E-state index contributed by atoms with van der Waals surface area (Å²) in [7, 11) is 0. The third-order valence-electron chi connectivity index (χ3n) is 3.76. The number of alkyl halides is 3. The molecule has 0 spiro atoms. The molecule has 0 saturated heterocycles. The van der Waals surface area contributed by atoms with Gasteiger partial charge in [-0.2, -0.15) is 13.2 Å². The van der Waals surface area contributed by atoms with Gasteiger partial charge in [-0.25, -0.2) is 0 Å². The summed E-state index contributed by atoms with van der Waals surface area (Å²) in [6, 6.07) is 11.3. The van der Waals surface area contributed by atoms with Crippen LogP contribution in [0.15, 0.2) is 46.9 Å². The van der Waals surface area contributed by atoms with Gasteiger partial charge < -0.3 is 5.32 Å². The maximum absolute atomic E-state index is 12.6. The fourth-order valence-electron chi connectivity index (χ4n) is 2.72. The third-order valence-corrected chi connectivity index (χ3v) is 4.50. The van der Waals surface area contributed by atoms with Crippen LogP contribution in [-0.2, 0) is 12.6 Å². The van der Waals surface area contributed by atoms with Crippen molar-refractivity contribution in [3.8, 4) is 0 Å². The van der Waals surface area contributed by atoms with Gasteiger partial charge in [0.05, 0.1) is 11.6 Å². The minimum absolute atomic E-state index is 0.0615. The molecule has 1 aliphatic heterocycles. The molecule has 1 aliphatic rings. The van der Waals surface area contributed by atoms with Crippen LogP contribution in [0.4, 0.5) is 13.2 Å². The minimum atomic E-state index is -4.29. The summed E-state index contributed by atoms with van der Waals surface area (Å²) in [5, 5.41) is 3.37. The largest absolute Gasteiger partial charge is 0.416 e. The quantitative estimate of drug-likeness (QED) is 0.781. The second-order valence-electron chi connectivity index (χ2n) is 5.06. The fraction of sp³-hybridized carbons (Fsp3) is 0.250. The number of fused-ring (bicyclic) bond motifs is 1. The number of hydrogen-bond acceptors (Lipinski definition) is 1. The lowest BCUT2D eigenvalue weighted by Gasteiger charge is -2.28. The van der Waals surface area contributed by atoms with Crippen molar-refractivity contribution in [2.24, 2.45) is 0 Å². The number of hydrogen-bond donors (Lipinski definition) is 1. The van der Waals surface area contributed by atoms with E-state index in [2.05, 4.69) is 21.2 Å². The molecule has 0 bridgehead atoms. The van der Waals surface area contributed by atoms with Crippen molar-refractivity contribution >= 4 is 15.9 Å². The highest BCUT2D eigenvalue weighted by molar-refractivity contribution is 9.10. The molecule has 5 heteroatoms. The summed E-state index contributed by atoms with van der Waals surface area (Å²) in [5.41, 5.74) is 2.58. The Morgan fingerprint density at radius 2 is 1.76 bits per heavy atom. The average Bonchev–Trinajstić information content (AvgIpc) is 2.46. The molecule has 3 rings (SSSR count). The highest BCUT2D eigenvalue weighted by Gasteiger charge is 2.30. The number of nitrogens with one attached hydrogen (secondary N) is 1. The molecule has 0 radical (unpaired) electrons. The Labute approximate surface area is 129 Å². The molecule has 1 nitrogen and oxygen atoms in total. The van der Waals surface area contributed by atoms with E-state index >= 15 is 0 Å². The number of rotatable bonds is 1. The Morgan fingerprint density at radius 3 is 2.43 bits per heavy atom. The standard InChI is InChI=1S/C16H13BrF3N/c17-14-3-1-2-13-12(14)8-9-21-15(13)10-4-6-11(7-5-10)16(18,19)20/h1-7,15,21H,8-9H2. The molecule has 1 heterocycles. The van der Waals surface area contributed by atoms with Crippen LogP contribution in [0.2, 0.25) is 0 Å². The van der Waals surface area contributed by atoms with Crippen LogP contribution in [0.1, 0.15) is 28.3 Å². The van der Waals surface area contributed by atoms with Crippen LogP contribution in [0, 0.1) is 0 Å². The van der Waals surface area contributed by atoms with Crippen molar-refractivity contribution in [2.45, 2.75) is 18.6 Å². The summed E-state index contributed by atoms with van der Waals surface area (Å²) in [6.45, 7) is 0.807. The van der Waals surface area contributed by atoms with Crippen molar-refractivity contribution in [1.29, 1.82) is 0 Å². The van der Waals surface area contributed by atoms with Gasteiger partial charge in [0.2, 0.25) is 0 Å². The topological polar surface area (TPSA) is 12.0 Å². The lowest BCUT2D eigenvalue weighted by atomic mass is 9.89. The first-order valence-corrected chi connectivity index (χ1v) is 7.44. The smallest absolute Gasteiger partial charge is 0.306 e. The van der Waals surface area contributed by atoms with E-state index in [0.29, 0.717) is 0 Å². The first-order valence-electron chi connectivity index (χ1n) is 6.64. The predicted molar refractivity (Wildman–Crippen MR) is 79.1 cm³/mol. The van der Waals surface area contributed by atoms with Gasteiger partial charge in [-0.3, -0.25) is 0 Å². The predicted octanol–water partition coefficient (Wildman–Crippen LogP) is 4.70. The maximum atomic E-state index is 12.6. The zero-order valence-electron chi connectivity index (χ0n) is 11.0. The zero-order valence-corrected chi connectivity index (χ0v) is 12.6. The molecule has 1 unspecified atom stereocenters. The van der Waals surface area contributed by atoms with Gasteiger partial charge in [-0.05, 0) is 41.3 Å². The van der Waals surface area contributed by atoms with Crippen molar-refractivity contribution < 1.29 is 13.2 Å². The van der Waals surface area contributed by atoms with E-state index in [1.807, 2.05) is 18.2 Å². The molecular formula is C16H13BrF3N. The summed E-state index contributed by atoms with van der Waals surface area (Å²) in [6.07, 6.45) is -3.38. The Balaban J connectivity index is 1.98. The molecule has 110 valence electrons. The van der Waals surface area contributed by atoms with Gasteiger partial charge in [0.25, 0.3) is 0 Å². The summed E-state index contributed by atoms with van der Waals surface area (Å²) < 4.78 is 38.9. The Kier molecular flexibility index (Phi) is 3.80. The van der Waals surface area contributed by atoms with Crippen LogP contribution in [0.5, 0.6) is 0 Å². The first-order chi connectivity index (χ1) is 9.97. The SMILES string of the molecule is FC(F)(F)c1ccc(C2NCCc3c(Br)cccc32)cc1. The zero-order chi connectivity index (χ0) is 15.0. The van der Waals surface area contributed by atoms with Gasteiger partial charge in [-0.1, -0.05) is 40.2 Å². The van der Waals surface area contributed by atoms with E-state index in [1.165, 1.54) is 5.56 Å². The molecule has 2 aromatic rings. The Hall–Kier alpha value is -1.33.